The Balaban J connectivity index is 1.86. The molecule has 0 saturated carbocycles. The molecule has 2 heteroatoms. The third kappa shape index (κ3) is 0.915. The molecule has 0 aliphatic carbocycles. The van der Waals surface area contributed by atoms with Gasteiger partial charge in [-0.05, 0) is 12.1 Å². The fourth-order valence-electron chi connectivity index (χ4n) is 2.50. The first kappa shape index (κ1) is 8.22. The number of ether oxygens (including phenoxy) is 2. The van der Waals surface area contributed by atoms with Gasteiger partial charge >= 0.3 is 0 Å². The van der Waals surface area contributed by atoms with Gasteiger partial charge in [-0.3, -0.25) is 0 Å². The van der Waals surface area contributed by atoms with Gasteiger partial charge in [-0.2, -0.15) is 0 Å². The van der Waals surface area contributed by atoms with Crippen molar-refractivity contribution in [3.05, 3.63) is 59.7 Å². The first-order valence-electron chi connectivity index (χ1n) is 5.45. The second kappa shape index (κ2) is 2.79. The highest BCUT2D eigenvalue weighted by Crippen LogP contribution is 2.53. The Labute approximate surface area is 93.4 Å². The van der Waals surface area contributed by atoms with E-state index < -0.39 is 0 Å². The van der Waals surface area contributed by atoms with Gasteiger partial charge in [-0.15, -0.1) is 0 Å². The van der Waals surface area contributed by atoms with Crippen molar-refractivity contribution < 1.29 is 9.47 Å². The maximum Gasteiger partial charge on any atom is 0.168 e. The molecular formula is C14H10O2. The van der Waals surface area contributed by atoms with Crippen molar-refractivity contribution in [3.8, 4) is 11.5 Å². The SMILES string of the molecule is c1ccc2c(c1)OC1c3ccccc3OC21. The van der Waals surface area contributed by atoms with Gasteiger partial charge in [0.25, 0.3) is 0 Å². The molecule has 2 atom stereocenters. The van der Waals surface area contributed by atoms with Crippen LogP contribution in [0.5, 0.6) is 11.5 Å². The largest absolute Gasteiger partial charge is 0.481 e. The smallest absolute Gasteiger partial charge is 0.168 e. The number of hydrogen-bond acceptors (Lipinski definition) is 2. The third-order valence-corrected chi connectivity index (χ3v) is 3.23. The molecule has 2 heterocycles. The first-order chi connectivity index (χ1) is 7.93. The normalized spacial score (nSPS) is 24.0. The number of fused-ring (bicyclic) bond motifs is 5. The fourth-order valence-corrected chi connectivity index (χ4v) is 2.50. The van der Waals surface area contributed by atoms with E-state index in [0.29, 0.717) is 0 Å². The summed E-state index contributed by atoms with van der Waals surface area (Å²) in [5.41, 5.74) is 2.31. The zero-order valence-corrected chi connectivity index (χ0v) is 8.59. The van der Waals surface area contributed by atoms with Crippen molar-refractivity contribution in [1.29, 1.82) is 0 Å². The molecule has 2 aromatic rings. The molecule has 2 unspecified atom stereocenters. The molecule has 0 aromatic heterocycles. The van der Waals surface area contributed by atoms with Crippen molar-refractivity contribution in [1.82, 2.24) is 0 Å². The van der Waals surface area contributed by atoms with Crippen LogP contribution in [0.4, 0.5) is 0 Å². The Morgan fingerprint density at radius 1 is 0.625 bits per heavy atom. The van der Waals surface area contributed by atoms with E-state index in [1.807, 2.05) is 36.4 Å². The van der Waals surface area contributed by atoms with Gasteiger partial charge in [0.2, 0.25) is 0 Å². The predicted molar refractivity (Wildman–Crippen MR) is 59.6 cm³/mol. The molecule has 0 fully saturated rings. The predicted octanol–water partition coefficient (Wildman–Crippen LogP) is 3.25. The highest BCUT2D eigenvalue weighted by Gasteiger charge is 2.43. The molecule has 0 spiro atoms. The second-order valence-corrected chi connectivity index (χ2v) is 4.15. The summed E-state index contributed by atoms with van der Waals surface area (Å²) in [5, 5.41) is 0. The zero-order valence-electron chi connectivity index (χ0n) is 8.59. The molecular weight excluding hydrogens is 200 g/mol. The van der Waals surface area contributed by atoms with Gasteiger partial charge in [-0.1, -0.05) is 36.4 Å². The molecule has 16 heavy (non-hydrogen) atoms. The van der Waals surface area contributed by atoms with Crippen molar-refractivity contribution >= 4 is 0 Å². The van der Waals surface area contributed by atoms with Crippen LogP contribution >= 0.6 is 0 Å². The van der Waals surface area contributed by atoms with E-state index in [9.17, 15) is 0 Å². The summed E-state index contributed by atoms with van der Waals surface area (Å²) in [7, 11) is 0. The summed E-state index contributed by atoms with van der Waals surface area (Å²) in [5.74, 6) is 1.90. The van der Waals surface area contributed by atoms with E-state index in [1.165, 1.54) is 0 Å². The van der Waals surface area contributed by atoms with Gasteiger partial charge in [0.1, 0.15) is 11.5 Å². The summed E-state index contributed by atoms with van der Waals surface area (Å²) in [6.07, 6.45) is 0.0715. The highest BCUT2D eigenvalue weighted by molar-refractivity contribution is 5.49. The standard InChI is InChI=1S/C14H10O2/c1-3-7-11-9(5-1)13-14(15-11)10-6-2-4-8-12(10)16-13/h1-8,13-14H. The van der Waals surface area contributed by atoms with Crippen LogP contribution < -0.4 is 9.47 Å². The summed E-state index contributed by atoms with van der Waals surface area (Å²) < 4.78 is 11.9. The van der Waals surface area contributed by atoms with Crippen molar-refractivity contribution in [2.24, 2.45) is 0 Å². The Kier molecular flexibility index (Phi) is 1.43. The molecule has 0 bridgehead atoms. The van der Waals surface area contributed by atoms with Gasteiger partial charge in [0, 0.05) is 11.1 Å². The Morgan fingerprint density at radius 2 is 1.06 bits per heavy atom. The average molecular weight is 210 g/mol. The summed E-state index contributed by atoms with van der Waals surface area (Å²) >= 11 is 0. The van der Waals surface area contributed by atoms with Crippen molar-refractivity contribution in [2.75, 3.05) is 0 Å². The molecule has 2 aromatic carbocycles. The van der Waals surface area contributed by atoms with Crippen molar-refractivity contribution in [2.45, 2.75) is 12.2 Å². The summed E-state index contributed by atoms with van der Waals surface area (Å²) in [6.45, 7) is 0. The first-order valence-corrected chi connectivity index (χ1v) is 5.45. The lowest BCUT2D eigenvalue weighted by Crippen LogP contribution is -2.05. The minimum atomic E-state index is 0.0357. The van der Waals surface area contributed by atoms with Gasteiger partial charge in [0.05, 0.1) is 0 Å². The molecule has 2 nitrogen and oxygen atoms in total. The van der Waals surface area contributed by atoms with Gasteiger partial charge < -0.3 is 9.47 Å². The Morgan fingerprint density at radius 3 is 1.56 bits per heavy atom. The van der Waals surface area contributed by atoms with Crippen LogP contribution in [-0.4, -0.2) is 0 Å². The van der Waals surface area contributed by atoms with Crippen molar-refractivity contribution in [3.63, 3.8) is 0 Å². The molecule has 4 rings (SSSR count). The number of para-hydroxylation sites is 2. The van der Waals surface area contributed by atoms with E-state index in [0.717, 1.165) is 22.6 Å². The molecule has 0 radical (unpaired) electrons. The quantitative estimate of drug-likeness (QED) is 0.664. The third-order valence-electron chi connectivity index (χ3n) is 3.23. The van der Waals surface area contributed by atoms with Crippen LogP contribution in [-0.2, 0) is 0 Å². The summed E-state index contributed by atoms with van der Waals surface area (Å²) in [4.78, 5) is 0. The molecule has 2 aliphatic rings. The minimum Gasteiger partial charge on any atom is -0.481 e. The van der Waals surface area contributed by atoms with Crippen LogP contribution in [0.25, 0.3) is 0 Å². The molecule has 2 aliphatic heterocycles. The second-order valence-electron chi connectivity index (χ2n) is 4.15. The van der Waals surface area contributed by atoms with Crippen LogP contribution in [0.15, 0.2) is 48.5 Å². The van der Waals surface area contributed by atoms with Gasteiger partial charge in [0.15, 0.2) is 12.2 Å². The monoisotopic (exact) mass is 210 g/mol. The summed E-state index contributed by atoms with van der Waals surface area (Å²) in [6, 6.07) is 16.2. The van der Waals surface area contributed by atoms with Crippen LogP contribution in [0.1, 0.15) is 23.3 Å². The Hall–Kier alpha value is -1.96. The molecule has 78 valence electrons. The maximum atomic E-state index is 5.93. The molecule has 0 amide bonds. The van der Waals surface area contributed by atoms with E-state index in [2.05, 4.69) is 12.1 Å². The fraction of sp³-hybridized carbons (Fsp3) is 0.143. The maximum absolute atomic E-state index is 5.93. The number of benzene rings is 2. The van der Waals surface area contributed by atoms with E-state index in [4.69, 9.17) is 9.47 Å². The lowest BCUT2D eigenvalue weighted by Gasteiger charge is -2.07. The lowest BCUT2D eigenvalue weighted by atomic mass is 10.0. The topological polar surface area (TPSA) is 18.5 Å². The van der Waals surface area contributed by atoms with E-state index in [1.54, 1.807) is 0 Å². The van der Waals surface area contributed by atoms with E-state index >= 15 is 0 Å². The van der Waals surface area contributed by atoms with Crippen LogP contribution in [0, 0.1) is 0 Å². The van der Waals surface area contributed by atoms with Crippen LogP contribution in [0.3, 0.4) is 0 Å². The minimum absolute atomic E-state index is 0.0357. The van der Waals surface area contributed by atoms with Crippen LogP contribution in [0.2, 0.25) is 0 Å². The van der Waals surface area contributed by atoms with E-state index in [-0.39, 0.29) is 12.2 Å². The zero-order chi connectivity index (χ0) is 10.5. The van der Waals surface area contributed by atoms with Gasteiger partial charge in [-0.25, -0.2) is 0 Å². The molecule has 0 N–H and O–H groups in total. The average Bonchev–Trinajstić information content (AvgIpc) is 2.85. The number of rotatable bonds is 0. The highest BCUT2D eigenvalue weighted by atomic mass is 16.6. The Bertz CT molecular complexity index is 511. The number of hydrogen-bond donors (Lipinski definition) is 0. The lowest BCUT2D eigenvalue weighted by molar-refractivity contribution is 0.123. The molecule has 0 saturated heterocycles.